The van der Waals surface area contributed by atoms with E-state index in [1.54, 1.807) is 16.2 Å². The smallest absolute Gasteiger partial charge is 0.242 e. The number of thiophene rings is 1. The molecule has 7 heteroatoms. The van der Waals surface area contributed by atoms with Gasteiger partial charge in [-0.05, 0) is 67.0 Å². The maximum absolute atomic E-state index is 13.3. The molecule has 30 heavy (non-hydrogen) atoms. The van der Waals surface area contributed by atoms with E-state index in [1.165, 1.54) is 4.88 Å². The van der Waals surface area contributed by atoms with Crippen LogP contribution in [0.4, 0.5) is 0 Å². The average molecular weight is 447 g/mol. The molecule has 4 rings (SSSR count). The number of hydrogen-bond donors (Lipinski definition) is 0. The fourth-order valence-corrected chi connectivity index (χ4v) is 5.05. The minimum atomic E-state index is -0.152. The van der Waals surface area contributed by atoms with Gasteiger partial charge in [-0.3, -0.25) is 9.59 Å². The fourth-order valence-electron chi connectivity index (χ4n) is 4.00. The number of fused-ring (bicyclic) bond motifs is 1. The highest BCUT2D eigenvalue weighted by atomic mass is 35.5. The summed E-state index contributed by atoms with van der Waals surface area (Å²) in [7, 11) is 0. The number of halogens is 1. The number of hydrogen-bond acceptors (Lipinski definition) is 4. The molecule has 160 valence electrons. The number of carbonyl (C=O) groups excluding carboxylic acids is 2. The second-order valence-electron chi connectivity index (χ2n) is 7.98. The zero-order valence-electron chi connectivity index (χ0n) is 17.4. The predicted octanol–water partition coefficient (Wildman–Crippen LogP) is 4.62. The Morgan fingerprint density at radius 3 is 2.80 bits per heavy atom. The van der Waals surface area contributed by atoms with Crippen LogP contribution in [0.1, 0.15) is 48.2 Å². The van der Waals surface area contributed by atoms with Gasteiger partial charge in [-0.1, -0.05) is 18.5 Å². The van der Waals surface area contributed by atoms with E-state index in [4.69, 9.17) is 16.3 Å². The van der Waals surface area contributed by atoms with Crippen LogP contribution in [-0.2, 0) is 16.0 Å². The van der Waals surface area contributed by atoms with Gasteiger partial charge < -0.3 is 14.5 Å². The van der Waals surface area contributed by atoms with E-state index in [9.17, 15) is 9.59 Å². The molecule has 2 aromatic rings. The van der Waals surface area contributed by atoms with Gasteiger partial charge in [0, 0.05) is 28.9 Å². The largest absolute Gasteiger partial charge is 0.491 e. The molecule has 0 saturated heterocycles. The second kappa shape index (κ2) is 8.98. The van der Waals surface area contributed by atoms with Crippen LogP contribution in [0, 0.1) is 6.92 Å². The minimum absolute atomic E-state index is 0.00133. The van der Waals surface area contributed by atoms with Crippen LogP contribution in [0.25, 0.3) is 0 Å². The molecule has 0 N–H and O–H groups in total. The summed E-state index contributed by atoms with van der Waals surface area (Å²) in [6, 6.07) is 7.77. The van der Waals surface area contributed by atoms with Crippen molar-refractivity contribution in [3.05, 3.63) is 50.7 Å². The highest BCUT2D eigenvalue weighted by Crippen LogP contribution is 2.35. The number of rotatable bonds is 7. The molecule has 1 atom stereocenters. The number of ether oxygens (including phenoxy) is 1. The molecule has 1 fully saturated rings. The van der Waals surface area contributed by atoms with E-state index < -0.39 is 0 Å². The van der Waals surface area contributed by atoms with Crippen molar-refractivity contribution < 1.29 is 14.3 Å². The zero-order valence-corrected chi connectivity index (χ0v) is 19.0. The number of aryl methyl sites for hydroxylation is 1. The number of amides is 2. The Kier molecular flexibility index (Phi) is 6.34. The summed E-state index contributed by atoms with van der Waals surface area (Å²) in [5, 5.41) is 2.78. The van der Waals surface area contributed by atoms with Crippen LogP contribution in [0.15, 0.2) is 29.6 Å². The summed E-state index contributed by atoms with van der Waals surface area (Å²) in [6.45, 7) is 4.99. The molecule has 2 amide bonds. The van der Waals surface area contributed by atoms with Gasteiger partial charge >= 0.3 is 0 Å². The fraction of sp³-hybridized carbons (Fsp3) is 0.478. The molecular formula is C23H27ClN2O3S. The van der Waals surface area contributed by atoms with Gasteiger partial charge in [0.15, 0.2) is 0 Å². The normalized spacial score (nSPS) is 18.1. The highest BCUT2D eigenvalue weighted by Gasteiger charge is 2.37. The molecule has 5 nitrogen and oxygen atoms in total. The van der Waals surface area contributed by atoms with E-state index >= 15 is 0 Å². The lowest BCUT2D eigenvalue weighted by Gasteiger charge is -2.37. The minimum Gasteiger partial charge on any atom is -0.491 e. The Bertz CT molecular complexity index is 940. The summed E-state index contributed by atoms with van der Waals surface area (Å²) >= 11 is 7.85. The summed E-state index contributed by atoms with van der Waals surface area (Å²) in [5.41, 5.74) is 2.12. The van der Waals surface area contributed by atoms with Crippen LogP contribution in [0.3, 0.4) is 0 Å². The molecule has 1 aliphatic heterocycles. The Morgan fingerprint density at radius 2 is 2.10 bits per heavy atom. The lowest BCUT2D eigenvalue weighted by atomic mass is 10.0. The van der Waals surface area contributed by atoms with Crippen molar-refractivity contribution in [3.8, 4) is 5.75 Å². The lowest BCUT2D eigenvalue weighted by Crippen LogP contribution is -2.48. The van der Waals surface area contributed by atoms with Crippen LogP contribution < -0.4 is 4.74 Å². The molecule has 0 radical (unpaired) electrons. The molecule has 0 spiro atoms. The third kappa shape index (κ3) is 4.49. The quantitative estimate of drug-likeness (QED) is 0.623. The maximum Gasteiger partial charge on any atom is 0.242 e. The van der Waals surface area contributed by atoms with Crippen LogP contribution >= 0.6 is 22.9 Å². The molecule has 0 bridgehead atoms. The third-order valence-electron chi connectivity index (χ3n) is 5.87. The van der Waals surface area contributed by atoms with Crippen LogP contribution in [0.2, 0.25) is 5.02 Å². The second-order valence-corrected chi connectivity index (χ2v) is 9.39. The van der Waals surface area contributed by atoms with E-state index in [-0.39, 0.29) is 30.4 Å². The molecule has 2 aliphatic rings. The highest BCUT2D eigenvalue weighted by molar-refractivity contribution is 7.10. The van der Waals surface area contributed by atoms with Gasteiger partial charge in [-0.15, -0.1) is 11.3 Å². The van der Waals surface area contributed by atoms with E-state index in [0.29, 0.717) is 24.6 Å². The zero-order chi connectivity index (χ0) is 21.3. The van der Waals surface area contributed by atoms with Crippen molar-refractivity contribution in [2.75, 3.05) is 19.7 Å². The van der Waals surface area contributed by atoms with Crippen molar-refractivity contribution in [1.29, 1.82) is 0 Å². The van der Waals surface area contributed by atoms with Gasteiger partial charge in [0.25, 0.3) is 0 Å². The van der Waals surface area contributed by atoms with E-state index in [0.717, 1.165) is 36.1 Å². The lowest BCUT2D eigenvalue weighted by molar-refractivity contribution is -0.143. The monoisotopic (exact) mass is 446 g/mol. The van der Waals surface area contributed by atoms with Gasteiger partial charge in [-0.2, -0.15) is 0 Å². The first-order valence-corrected chi connectivity index (χ1v) is 11.8. The van der Waals surface area contributed by atoms with Gasteiger partial charge in [0.2, 0.25) is 11.8 Å². The van der Waals surface area contributed by atoms with Gasteiger partial charge in [-0.25, -0.2) is 0 Å². The first kappa shape index (κ1) is 21.2. The molecule has 1 saturated carbocycles. The Morgan fingerprint density at radius 1 is 1.30 bits per heavy atom. The predicted molar refractivity (Wildman–Crippen MR) is 119 cm³/mol. The standard InChI is InChI=1S/C23H27ClN2O3S/c1-3-22(27)26(16-4-5-16)13-23(28)25-10-8-21-18(9-11-30-21)20(25)14-29-17-6-7-19(24)15(2)12-17/h6-7,9,11-12,16,20H,3-5,8,10,13-14H2,1-2H3. The maximum atomic E-state index is 13.3. The first-order valence-electron chi connectivity index (χ1n) is 10.5. The van der Waals surface area contributed by atoms with Crippen LogP contribution in [0.5, 0.6) is 5.75 Å². The molecule has 2 heterocycles. The Hall–Kier alpha value is -2.05. The molecule has 1 unspecified atom stereocenters. The van der Waals surface area contributed by atoms with E-state index in [1.807, 2.05) is 36.9 Å². The third-order valence-corrected chi connectivity index (χ3v) is 7.29. The molecule has 1 aliphatic carbocycles. The average Bonchev–Trinajstić information content (AvgIpc) is 3.47. The Balaban J connectivity index is 1.51. The van der Waals surface area contributed by atoms with E-state index in [2.05, 4.69) is 11.4 Å². The number of benzene rings is 1. The molecule has 1 aromatic heterocycles. The summed E-state index contributed by atoms with van der Waals surface area (Å²) in [5.74, 6) is 0.803. The van der Waals surface area contributed by atoms with Gasteiger partial charge in [0.05, 0.1) is 6.04 Å². The topological polar surface area (TPSA) is 49.9 Å². The molecule has 1 aromatic carbocycles. The van der Waals surface area contributed by atoms with Crippen molar-refractivity contribution in [2.45, 2.75) is 51.6 Å². The molecular weight excluding hydrogens is 420 g/mol. The number of nitrogens with zero attached hydrogens (tertiary/aromatic N) is 2. The Labute approximate surface area is 186 Å². The summed E-state index contributed by atoms with van der Waals surface area (Å²) in [6.07, 6.45) is 3.27. The van der Waals surface area contributed by atoms with Crippen molar-refractivity contribution >= 4 is 34.8 Å². The van der Waals surface area contributed by atoms with Crippen molar-refractivity contribution in [3.63, 3.8) is 0 Å². The summed E-state index contributed by atoms with van der Waals surface area (Å²) in [4.78, 5) is 30.6. The van der Waals surface area contributed by atoms with Crippen molar-refractivity contribution in [2.24, 2.45) is 0 Å². The number of carbonyl (C=O) groups is 2. The SMILES string of the molecule is CCC(=O)N(CC(=O)N1CCc2sccc2C1COc1ccc(Cl)c(C)c1)C1CC1. The first-order chi connectivity index (χ1) is 14.5. The van der Waals surface area contributed by atoms with Gasteiger partial charge in [0.1, 0.15) is 18.9 Å². The summed E-state index contributed by atoms with van der Waals surface area (Å²) < 4.78 is 6.09. The van der Waals surface area contributed by atoms with Crippen molar-refractivity contribution in [1.82, 2.24) is 9.80 Å². The van der Waals surface area contributed by atoms with Crippen LogP contribution in [-0.4, -0.2) is 47.4 Å².